The quantitative estimate of drug-likeness (QED) is 0.149. The number of para-hydroxylation sites is 8. The van der Waals surface area contributed by atoms with Gasteiger partial charge >= 0.3 is 0 Å². The van der Waals surface area contributed by atoms with Crippen LogP contribution in [0.15, 0.2) is 291 Å². The topological polar surface area (TPSA) is 22.7 Å². The summed E-state index contributed by atoms with van der Waals surface area (Å²) in [5, 5.41) is 0. The van der Waals surface area contributed by atoms with E-state index in [2.05, 4.69) is 375 Å². The Kier molecular flexibility index (Phi) is 41.4. The third-order valence-electron chi connectivity index (χ3n) is 24.9. The normalized spacial score (nSPS) is 12.4. The molecule has 0 radical (unpaired) electrons. The van der Waals surface area contributed by atoms with E-state index in [0.717, 1.165) is 70.6 Å². The van der Waals surface area contributed by atoms with E-state index in [1.807, 2.05) is 111 Å². The minimum Gasteiger partial charge on any atom is -0.344 e. The monoisotopic (exact) mass is 1730 g/mol. The van der Waals surface area contributed by atoms with Crippen LogP contribution in [0.2, 0.25) is 0 Å². The van der Waals surface area contributed by atoms with Crippen LogP contribution >= 0.6 is 0 Å². The predicted octanol–water partition coefficient (Wildman–Crippen LogP) is 34.5. The lowest BCUT2D eigenvalue weighted by Crippen LogP contribution is -2.25. The van der Waals surface area contributed by atoms with E-state index in [4.69, 9.17) is 0 Å². The number of benzene rings is 14. The molecule has 0 fully saturated rings. The summed E-state index contributed by atoms with van der Waals surface area (Å²) in [4.78, 5) is 16.4. The summed E-state index contributed by atoms with van der Waals surface area (Å²) in [6.45, 7) is 32.0. The molecule has 7 nitrogen and oxygen atoms in total. The van der Waals surface area contributed by atoms with E-state index in [0.29, 0.717) is 0 Å². The van der Waals surface area contributed by atoms with Crippen LogP contribution in [-0.4, -0.2) is 49.3 Å². The van der Waals surface area contributed by atoms with Gasteiger partial charge in [0.05, 0.1) is 5.69 Å². The maximum Gasteiger partial charge on any atom is 0.0501 e. The van der Waals surface area contributed by atoms with Crippen LogP contribution in [-0.2, 0) is 70.6 Å². The lowest BCUT2D eigenvalue weighted by atomic mass is 9.80. The molecule has 0 atom stereocenters. The molecule has 0 saturated heterocycles. The van der Waals surface area contributed by atoms with Crippen LogP contribution in [0.25, 0.3) is 0 Å². The summed E-state index contributed by atoms with van der Waals surface area (Å²) >= 11 is 0. The van der Waals surface area contributed by atoms with Crippen LogP contribution in [0.1, 0.15) is 270 Å². The molecular formula is C123H159N7. The maximum absolute atomic E-state index is 2.40. The molecule has 130 heavy (non-hydrogen) atoms. The van der Waals surface area contributed by atoms with Crippen molar-refractivity contribution in [3.8, 4) is 0 Å². The van der Waals surface area contributed by atoms with Crippen molar-refractivity contribution in [2.45, 2.75) is 219 Å². The van der Waals surface area contributed by atoms with Gasteiger partial charge in [-0.1, -0.05) is 366 Å². The van der Waals surface area contributed by atoms with Gasteiger partial charge in [0.25, 0.3) is 0 Å². The SMILES string of the molecule is C.C.C.C.C.CC.CC.CC.CC.CC.CC.CC.CC.CN1c2ccccc2Cc2c1ccc1c2Cc2ccccc2C1.CN1c2ccccc2Cc2c1ccc1c2N(C)c2ccccc2C1.CN1c2ccccc2Cc2cc3c(cc21)Cc1ccccc1N3C.CN1c2ccccc2Cc2ccc3c(c21)Cc1ccccc1C3.CN1c2ccccc2Cc2ccccc21. The second-order valence-electron chi connectivity index (χ2n) is 31.0. The van der Waals surface area contributed by atoms with Crippen LogP contribution in [0.4, 0.5) is 79.6 Å². The third kappa shape index (κ3) is 21.7. The second-order valence-corrected chi connectivity index (χ2v) is 31.0. The first kappa shape index (κ1) is 106. The van der Waals surface area contributed by atoms with E-state index >= 15 is 0 Å². The predicted molar refractivity (Wildman–Crippen MR) is 582 cm³/mol. The molecular weight excluding hydrogens is 1580 g/mol. The Morgan fingerprint density at radius 3 is 0.631 bits per heavy atom. The van der Waals surface area contributed by atoms with Gasteiger partial charge in [-0.15, -0.1) is 0 Å². The molecule has 0 aromatic heterocycles. The maximum atomic E-state index is 2.40. The molecule has 7 aliphatic heterocycles. The highest BCUT2D eigenvalue weighted by Gasteiger charge is 2.33. The number of rotatable bonds is 0. The van der Waals surface area contributed by atoms with Gasteiger partial charge in [-0.3, -0.25) is 0 Å². The summed E-state index contributed by atoms with van der Waals surface area (Å²) < 4.78 is 0. The minimum atomic E-state index is 0. The van der Waals surface area contributed by atoms with Crippen LogP contribution in [0.5, 0.6) is 0 Å². The van der Waals surface area contributed by atoms with Crippen molar-refractivity contribution >= 4 is 79.6 Å². The van der Waals surface area contributed by atoms with Gasteiger partial charge in [0.15, 0.2) is 0 Å². The number of hydrogen-bond acceptors (Lipinski definition) is 7. The van der Waals surface area contributed by atoms with Gasteiger partial charge in [0.1, 0.15) is 0 Å². The molecule has 0 bridgehead atoms. The van der Waals surface area contributed by atoms with Gasteiger partial charge in [-0.25, -0.2) is 0 Å². The number of anilines is 14. The number of nitrogens with zero attached hydrogens (tertiary/aromatic N) is 7. The largest absolute Gasteiger partial charge is 0.344 e. The standard InChI is InChI=1S/2C22H20N2.2C22H19N.C14H13N.8C2H6.5CH4/c1-23-19-9-5-4-8-16(19)14-18-21(23)12-11-17-13-15-7-3-6-10-20(15)24(2)22(17)18;1-23-19-9-5-3-7-15(19)11-17-14-22-18(13-21(17)23)12-16-8-4-6-10-20(16)24(22)2;1-23-21-9-5-4-8-18(21)13-19-11-10-17-12-15-6-2-3-7-16(15)14-20(17)22(19)23;1-23-21-9-5-4-8-18(21)14-20-19-13-16-7-3-2-6-15(16)12-17(19)10-11-22(20)23;1-15-13-8-4-2-6-11(13)10-12-7-3-5-9-14(12)15;8*1-2;;;;;/h3-12H,13-14H2,1-2H3;3-10,13-14H,11-12H2,1-2H3;2*2-11H,12-14H2,1H3;2-9H,10H2,1H3;8*1-2H3;5*1H4. The van der Waals surface area contributed by atoms with Crippen LogP contribution in [0, 0.1) is 0 Å². The molecule has 23 rings (SSSR count). The van der Waals surface area contributed by atoms with Gasteiger partial charge < -0.3 is 34.3 Å². The Balaban J connectivity index is 0.000000240. The number of fused-ring (bicyclic) bond motifs is 21. The first-order valence-electron chi connectivity index (χ1n) is 46.9. The van der Waals surface area contributed by atoms with Crippen LogP contribution in [0.3, 0.4) is 0 Å². The Morgan fingerprint density at radius 1 is 0.131 bits per heavy atom. The van der Waals surface area contributed by atoms with Crippen molar-refractivity contribution in [2.75, 3.05) is 83.6 Å². The molecule has 686 valence electrons. The highest BCUT2D eigenvalue weighted by atomic mass is 15.2. The van der Waals surface area contributed by atoms with E-state index in [9.17, 15) is 0 Å². The molecule has 0 N–H and O–H groups in total. The van der Waals surface area contributed by atoms with Crippen LogP contribution < -0.4 is 34.3 Å². The lowest BCUT2D eigenvalue weighted by molar-refractivity contribution is 0.946. The van der Waals surface area contributed by atoms with Crippen molar-refractivity contribution in [3.63, 3.8) is 0 Å². The van der Waals surface area contributed by atoms with Crippen molar-refractivity contribution < 1.29 is 0 Å². The first-order valence-corrected chi connectivity index (χ1v) is 46.9. The molecule has 14 aromatic rings. The van der Waals surface area contributed by atoms with Gasteiger partial charge in [-0.2, -0.15) is 0 Å². The zero-order valence-corrected chi connectivity index (χ0v) is 79.6. The summed E-state index contributed by atoms with van der Waals surface area (Å²) in [7, 11) is 15.3. The van der Waals surface area contributed by atoms with E-state index in [-0.39, 0.29) is 37.1 Å². The molecule has 0 unspecified atom stereocenters. The Bertz CT molecular complexity index is 5800. The molecule has 0 spiro atoms. The summed E-state index contributed by atoms with van der Waals surface area (Å²) in [6.07, 6.45) is 11.5. The first-order chi connectivity index (χ1) is 61.4. The van der Waals surface area contributed by atoms with Crippen molar-refractivity contribution in [1.82, 2.24) is 0 Å². The number of hydrogen-bond donors (Lipinski definition) is 0. The third-order valence-corrected chi connectivity index (χ3v) is 24.9. The molecule has 0 amide bonds. The summed E-state index contributed by atoms with van der Waals surface area (Å²) in [5.74, 6) is 0. The smallest absolute Gasteiger partial charge is 0.0501 e. The van der Waals surface area contributed by atoms with E-state index in [1.54, 1.807) is 5.56 Å². The second kappa shape index (κ2) is 50.6. The Hall–Kier alpha value is -12.3. The highest BCUT2D eigenvalue weighted by molar-refractivity contribution is 5.87. The van der Waals surface area contributed by atoms with Gasteiger partial charge in [-0.05, 0) is 209 Å². The average molecular weight is 1740 g/mol. The molecule has 9 aliphatic rings. The zero-order chi connectivity index (χ0) is 89.5. The van der Waals surface area contributed by atoms with Gasteiger partial charge in [0, 0.05) is 180 Å². The Labute approximate surface area is 790 Å². The average Bonchev–Trinajstić information content (AvgIpc) is 0.749. The molecule has 14 aromatic carbocycles. The lowest BCUT2D eigenvalue weighted by Gasteiger charge is -2.37. The van der Waals surface area contributed by atoms with E-state index < -0.39 is 0 Å². The molecule has 7 heteroatoms. The fraction of sp³-hybridized carbons (Fsp3) is 0.317. The summed E-state index contributed by atoms with van der Waals surface area (Å²) in [6, 6.07) is 106. The summed E-state index contributed by atoms with van der Waals surface area (Å²) in [5.41, 5.74) is 51.0. The fourth-order valence-electron chi connectivity index (χ4n) is 19.4. The Morgan fingerprint density at radius 2 is 0.308 bits per heavy atom. The van der Waals surface area contributed by atoms with E-state index in [1.165, 1.54) is 196 Å². The van der Waals surface area contributed by atoms with Gasteiger partial charge in [0.2, 0.25) is 0 Å². The molecule has 7 heterocycles. The zero-order valence-electron chi connectivity index (χ0n) is 79.6. The fourth-order valence-corrected chi connectivity index (χ4v) is 19.4. The highest BCUT2D eigenvalue weighted by Crippen LogP contribution is 2.51. The van der Waals surface area contributed by atoms with Crippen molar-refractivity contribution in [3.05, 3.63) is 414 Å². The molecule has 0 saturated carbocycles. The van der Waals surface area contributed by atoms with Crippen molar-refractivity contribution in [1.29, 1.82) is 0 Å². The minimum absolute atomic E-state index is 0. The van der Waals surface area contributed by atoms with Crippen molar-refractivity contribution in [2.24, 2.45) is 0 Å². The molecule has 2 aliphatic carbocycles.